The van der Waals surface area contributed by atoms with Crippen LogP contribution in [0, 0.1) is 0 Å². The molecule has 1 N–H and O–H groups in total. The van der Waals surface area contributed by atoms with Gasteiger partial charge in [-0.1, -0.05) is 11.6 Å². The van der Waals surface area contributed by atoms with Gasteiger partial charge < -0.3 is 14.6 Å². The molecule has 1 aliphatic heterocycles. The predicted molar refractivity (Wildman–Crippen MR) is 53.2 cm³/mol. The van der Waals surface area contributed by atoms with E-state index >= 15 is 0 Å². The fraction of sp³-hybridized carbons (Fsp3) is 0.300. The van der Waals surface area contributed by atoms with Crippen LogP contribution in [0.1, 0.15) is 24.2 Å². The molecule has 1 heterocycles. The lowest BCUT2D eigenvalue weighted by Crippen LogP contribution is -2.39. The molecule has 5 heteroatoms. The molecule has 0 spiro atoms. The molecular weight excluding hydrogens is 220 g/mol. The van der Waals surface area contributed by atoms with Gasteiger partial charge in [0.1, 0.15) is 5.56 Å². The van der Waals surface area contributed by atoms with Gasteiger partial charge in [-0.2, -0.15) is 0 Å². The van der Waals surface area contributed by atoms with Gasteiger partial charge in [0, 0.05) is 13.8 Å². The summed E-state index contributed by atoms with van der Waals surface area (Å²) in [6.45, 7) is 3.16. The third-order valence-electron chi connectivity index (χ3n) is 1.98. The first-order valence-corrected chi connectivity index (χ1v) is 4.72. The van der Waals surface area contributed by atoms with E-state index in [9.17, 15) is 9.90 Å². The number of rotatable bonds is 0. The van der Waals surface area contributed by atoms with Gasteiger partial charge in [-0.25, -0.2) is 4.79 Å². The second kappa shape index (κ2) is 3.03. The van der Waals surface area contributed by atoms with Crippen molar-refractivity contribution in [3.63, 3.8) is 0 Å². The highest BCUT2D eigenvalue weighted by Gasteiger charge is 2.37. The van der Waals surface area contributed by atoms with Gasteiger partial charge in [-0.05, 0) is 12.1 Å². The average molecular weight is 229 g/mol. The first-order valence-electron chi connectivity index (χ1n) is 4.34. The first-order chi connectivity index (χ1) is 6.91. The van der Waals surface area contributed by atoms with E-state index in [4.69, 9.17) is 21.1 Å². The molecule has 0 bridgehead atoms. The average Bonchev–Trinajstić information content (AvgIpc) is 2.09. The standard InChI is InChI=1S/C10H9ClO4/c1-10(2)14-8-6(12)4-3-5(11)7(8)9(13)15-10/h3-4,12H,1-2H3. The van der Waals surface area contributed by atoms with Crippen LogP contribution >= 0.6 is 11.6 Å². The maximum atomic E-state index is 11.6. The fourth-order valence-electron chi connectivity index (χ4n) is 1.38. The molecule has 1 aliphatic rings. The van der Waals surface area contributed by atoms with Crippen molar-refractivity contribution in [1.29, 1.82) is 0 Å². The lowest BCUT2D eigenvalue weighted by molar-refractivity contribution is -0.128. The second-order valence-electron chi connectivity index (χ2n) is 3.66. The van der Waals surface area contributed by atoms with E-state index in [1.54, 1.807) is 13.8 Å². The minimum atomic E-state index is -1.09. The Morgan fingerprint density at radius 1 is 1.33 bits per heavy atom. The molecule has 0 fully saturated rings. The number of phenolic OH excluding ortho intramolecular Hbond substituents is 1. The Morgan fingerprint density at radius 2 is 2.00 bits per heavy atom. The molecule has 0 radical (unpaired) electrons. The van der Waals surface area contributed by atoms with Crippen LogP contribution in [0.3, 0.4) is 0 Å². The van der Waals surface area contributed by atoms with Crippen LogP contribution in [-0.2, 0) is 4.74 Å². The number of ether oxygens (including phenoxy) is 2. The minimum absolute atomic E-state index is 0.0657. The van der Waals surface area contributed by atoms with Gasteiger partial charge in [0.25, 0.3) is 0 Å². The third kappa shape index (κ3) is 1.61. The second-order valence-corrected chi connectivity index (χ2v) is 4.07. The van der Waals surface area contributed by atoms with Crippen molar-refractivity contribution in [2.75, 3.05) is 0 Å². The van der Waals surface area contributed by atoms with Gasteiger partial charge in [0.05, 0.1) is 5.02 Å². The van der Waals surface area contributed by atoms with Crippen molar-refractivity contribution in [1.82, 2.24) is 0 Å². The Balaban J connectivity index is 2.64. The van der Waals surface area contributed by atoms with E-state index in [2.05, 4.69) is 0 Å². The van der Waals surface area contributed by atoms with E-state index in [0.717, 1.165) is 0 Å². The van der Waals surface area contributed by atoms with Crippen LogP contribution in [-0.4, -0.2) is 16.9 Å². The summed E-state index contributed by atoms with van der Waals surface area (Å²) in [4.78, 5) is 11.6. The quantitative estimate of drug-likeness (QED) is 0.693. The Kier molecular flexibility index (Phi) is 2.04. The van der Waals surface area contributed by atoms with Crippen molar-refractivity contribution >= 4 is 17.6 Å². The van der Waals surface area contributed by atoms with Gasteiger partial charge in [-0.3, -0.25) is 0 Å². The number of fused-ring (bicyclic) bond motifs is 1. The van der Waals surface area contributed by atoms with Crippen molar-refractivity contribution in [2.24, 2.45) is 0 Å². The number of hydrogen-bond donors (Lipinski definition) is 1. The van der Waals surface area contributed by atoms with Gasteiger partial charge >= 0.3 is 5.97 Å². The summed E-state index contributed by atoms with van der Waals surface area (Å²) < 4.78 is 10.3. The number of carbonyl (C=O) groups excluding carboxylic acids is 1. The third-order valence-corrected chi connectivity index (χ3v) is 2.29. The lowest BCUT2D eigenvalue weighted by Gasteiger charge is -2.32. The molecule has 0 saturated heterocycles. The maximum Gasteiger partial charge on any atom is 0.346 e. The molecule has 0 aliphatic carbocycles. The molecule has 2 rings (SSSR count). The molecule has 0 amide bonds. The van der Waals surface area contributed by atoms with Gasteiger partial charge in [0.2, 0.25) is 5.79 Å². The Bertz CT molecular complexity index is 439. The SMILES string of the molecule is CC1(C)OC(=O)c2c(Cl)ccc(O)c2O1. The number of cyclic esters (lactones) is 1. The van der Waals surface area contributed by atoms with Crippen LogP contribution in [0.5, 0.6) is 11.5 Å². The number of esters is 1. The van der Waals surface area contributed by atoms with Crippen LogP contribution < -0.4 is 4.74 Å². The normalized spacial score (nSPS) is 17.7. The minimum Gasteiger partial charge on any atom is -0.504 e. The fourth-order valence-corrected chi connectivity index (χ4v) is 1.61. The summed E-state index contributed by atoms with van der Waals surface area (Å²) in [5, 5.41) is 9.74. The molecule has 4 nitrogen and oxygen atoms in total. The summed E-state index contributed by atoms with van der Waals surface area (Å²) in [5.41, 5.74) is 0.0657. The van der Waals surface area contributed by atoms with Crippen LogP contribution in [0.25, 0.3) is 0 Å². The molecule has 1 aromatic carbocycles. The van der Waals surface area contributed by atoms with E-state index in [1.165, 1.54) is 12.1 Å². The maximum absolute atomic E-state index is 11.6. The molecule has 0 aromatic heterocycles. The van der Waals surface area contributed by atoms with Crippen LogP contribution in [0.2, 0.25) is 5.02 Å². The summed E-state index contributed by atoms with van der Waals surface area (Å²) in [7, 11) is 0. The molecule has 1 aromatic rings. The highest BCUT2D eigenvalue weighted by molar-refractivity contribution is 6.34. The molecule has 15 heavy (non-hydrogen) atoms. The lowest BCUT2D eigenvalue weighted by atomic mass is 10.1. The van der Waals surface area contributed by atoms with E-state index in [-0.39, 0.29) is 22.1 Å². The summed E-state index contributed by atoms with van der Waals surface area (Å²) in [6.07, 6.45) is 0. The Hall–Kier alpha value is -1.42. The molecule has 80 valence electrons. The predicted octanol–water partition coefficient (Wildman–Crippen LogP) is 2.33. The molecule has 0 atom stereocenters. The summed E-state index contributed by atoms with van der Waals surface area (Å²) >= 11 is 5.81. The smallest absolute Gasteiger partial charge is 0.346 e. The largest absolute Gasteiger partial charge is 0.504 e. The van der Waals surface area contributed by atoms with E-state index in [1.807, 2.05) is 0 Å². The van der Waals surface area contributed by atoms with Crippen LogP contribution in [0.4, 0.5) is 0 Å². The zero-order valence-corrected chi connectivity index (χ0v) is 8.96. The van der Waals surface area contributed by atoms with Crippen LogP contribution in [0.15, 0.2) is 12.1 Å². The Morgan fingerprint density at radius 3 is 2.67 bits per heavy atom. The monoisotopic (exact) mass is 228 g/mol. The Labute approximate surface area is 91.4 Å². The first kappa shape index (κ1) is 10.1. The highest BCUT2D eigenvalue weighted by Crippen LogP contribution is 2.41. The number of benzene rings is 1. The number of aromatic hydroxyl groups is 1. The summed E-state index contributed by atoms with van der Waals surface area (Å²) in [5.74, 6) is -1.74. The van der Waals surface area contributed by atoms with Crippen molar-refractivity contribution in [3.05, 3.63) is 22.7 Å². The van der Waals surface area contributed by atoms with E-state index in [0.29, 0.717) is 0 Å². The zero-order valence-electron chi connectivity index (χ0n) is 8.20. The number of halogens is 1. The van der Waals surface area contributed by atoms with Gasteiger partial charge in [0.15, 0.2) is 11.5 Å². The molecule has 0 unspecified atom stereocenters. The number of carbonyl (C=O) groups is 1. The highest BCUT2D eigenvalue weighted by atomic mass is 35.5. The van der Waals surface area contributed by atoms with Crippen molar-refractivity contribution < 1.29 is 19.4 Å². The van der Waals surface area contributed by atoms with E-state index < -0.39 is 11.8 Å². The van der Waals surface area contributed by atoms with Crippen molar-refractivity contribution in [2.45, 2.75) is 19.6 Å². The summed E-state index contributed by atoms with van der Waals surface area (Å²) in [6, 6.07) is 2.79. The topological polar surface area (TPSA) is 55.8 Å². The number of phenols is 1. The number of hydrogen-bond acceptors (Lipinski definition) is 4. The van der Waals surface area contributed by atoms with Gasteiger partial charge in [-0.15, -0.1) is 0 Å². The molecule has 0 saturated carbocycles. The molecular formula is C10H9ClO4. The van der Waals surface area contributed by atoms with Crippen molar-refractivity contribution in [3.8, 4) is 11.5 Å². The zero-order chi connectivity index (χ0) is 11.2.